The van der Waals surface area contributed by atoms with Gasteiger partial charge in [-0.25, -0.2) is 4.79 Å². The van der Waals surface area contributed by atoms with Crippen molar-refractivity contribution in [2.24, 2.45) is 0 Å². The predicted octanol–water partition coefficient (Wildman–Crippen LogP) is 3.96. The van der Waals surface area contributed by atoms with Crippen LogP contribution in [0.5, 0.6) is 0 Å². The van der Waals surface area contributed by atoms with Gasteiger partial charge in [0.2, 0.25) is 0 Å². The number of rotatable bonds is 12. The van der Waals surface area contributed by atoms with E-state index < -0.39 is 33.7 Å². The molecule has 0 unspecified atom stereocenters. The number of ether oxygens (including phenoxy) is 1. The van der Waals surface area contributed by atoms with Crippen LogP contribution >= 0.6 is 11.6 Å². The lowest BCUT2D eigenvalue weighted by Gasteiger charge is -2.17. The summed E-state index contributed by atoms with van der Waals surface area (Å²) in [6.45, 7) is 4.07. The zero-order chi connectivity index (χ0) is 18.7. The smallest absolute Gasteiger partial charge is 0.338 e. The minimum Gasteiger partial charge on any atom is -0.457 e. The van der Waals surface area contributed by atoms with Crippen LogP contribution in [0.3, 0.4) is 0 Å². The summed E-state index contributed by atoms with van der Waals surface area (Å²) in [6, 6.07) is 6.41. The molecule has 1 aromatic carbocycles. The number of hydrogen-bond acceptors (Lipinski definition) is 4. The number of carbonyl (C=O) groups is 1. The van der Waals surface area contributed by atoms with Crippen LogP contribution in [-0.2, 0) is 26.3 Å². The molecule has 0 fully saturated rings. The van der Waals surface area contributed by atoms with Gasteiger partial charge in [-0.1, -0.05) is 38.3 Å². The highest BCUT2D eigenvalue weighted by molar-refractivity contribution is 7.86. The van der Waals surface area contributed by atoms with Gasteiger partial charge in [0.05, 0.1) is 17.1 Å². The Kier molecular flexibility index (Phi) is 11.3. The molecule has 2 atom stereocenters. The van der Waals surface area contributed by atoms with Crippen LogP contribution in [0, 0.1) is 0 Å². The van der Waals surface area contributed by atoms with Crippen LogP contribution in [0.2, 0.25) is 5.02 Å². The molecule has 0 bridgehead atoms. The zero-order valence-corrected chi connectivity index (χ0v) is 17.3. The minimum absolute atomic E-state index is 0.233. The van der Waals surface area contributed by atoms with Gasteiger partial charge in [-0.2, -0.15) is 0 Å². The molecule has 1 aromatic rings. The summed E-state index contributed by atoms with van der Waals surface area (Å²) in [6.07, 6.45) is 3.05. The first-order valence-corrected chi connectivity index (χ1v) is 12.0. The van der Waals surface area contributed by atoms with Crippen molar-refractivity contribution in [2.75, 3.05) is 23.0 Å². The van der Waals surface area contributed by atoms with Crippen LogP contribution in [0.4, 0.5) is 0 Å². The van der Waals surface area contributed by atoms with Gasteiger partial charge in [-0.15, -0.1) is 0 Å². The predicted molar refractivity (Wildman–Crippen MR) is 106 cm³/mol. The Bertz CT molecular complexity index is 553. The Morgan fingerprint density at radius 2 is 1.48 bits per heavy atom. The quantitative estimate of drug-likeness (QED) is 0.493. The third-order valence-electron chi connectivity index (χ3n) is 3.55. The normalized spacial score (nSPS) is 13.6. The Labute approximate surface area is 160 Å². The van der Waals surface area contributed by atoms with Gasteiger partial charge < -0.3 is 4.74 Å². The summed E-state index contributed by atoms with van der Waals surface area (Å²) >= 11 is 5.82. The van der Waals surface area contributed by atoms with Gasteiger partial charge in [0.15, 0.2) is 0 Å². The van der Waals surface area contributed by atoms with E-state index in [4.69, 9.17) is 16.3 Å². The molecular weight excluding hydrogens is 380 g/mol. The van der Waals surface area contributed by atoms with Crippen molar-refractivity contribution in [1.29, 1.82) is 0 Å². The maximum atomic E-state index is 12.3. The van der Waals surface area contributed by atoms with E-state index >= 15 is 0 Å². The maximum Gasteiger partial charge on any atom is 0.338 e. The van der Waals surface area contributed by atoms with Gasteiger partial charge in [-0.3, -0.25) is 8.42 Å². The van der Waals surface area contributed by atoms with Crippen molar-refractivity contribution in [3.05, 3.63) is 34.9 Å². The summed E-state index contributed by atoms with van der Waals surface area (Å²) < 4.78 is 29.9. The second-order valence-electron chi connectivity index (χ2n) is 5.86. The molecule has 4 nitrogen and oxygen atoms in total. The Morgan fingerprint density at radius 1 is 1.00 bits per heavy atom. The highest BCUT2D eigenvalue weighted by atomic mass is 35.5. The van der Waals surface area contributed by atoms with Crippen molar-refractivity contribution in [3.8, 4) is 0 Å². The molecule has 0 aliphatic rings. The second-order valence-corrected chi connectivity index (χ2v) is 9.54. The van der Waals surface area contributed by atoms with E-state index in [0.717, 1.165) is 25.7 Å². The van der Waals surface area contributed by atoms with Crippen LogP contribution in [-0.4, -0.2) is 43.5 Å². The first-order valence-electron chi connectivity index (χ1n) is 8.62. The SMILES string of the molecule is CCCC[S@](=O)CC(C[S@@](=O)CCCC)OC(=O)c1ccc(Cl)cc1. The molecule has 0 saturated heterocycles. The summed E-state index contributed by atoms with van der Waals surface area (Å²) in [5.41, 5.74) is 0.382. The monoisotopic (exact) mass is 406 g/mol. The lowest BCUT2D eigenvalue weighted by molar-refractivity contribution is 0.0391. The van der Waals surface area contributed by atoms with E-state index in [1.54, 1.807) is 24.3 Å². The lowest BCUT2D eigenvalue weighted by Crippen LogP contribution is -2.31. The molecule has 0 aliphatic carbocycles. The summed E-state index contributed by atoms with van der Waals surface area (Å²) in [5.74, 6) is 1.12. The standard InChI is InChI=1S/C18H27ClO4S2/c1-3-5-11-24(21)13-17(14-25(22)12-6-4-2)23-18(20)15-7-9-16(19)10-8-15/h7-10,17H,3-6,11-14H2,1-2H3/t24-,25-/m0/s1. The molecule has 0 N–H and O–H groups in total. The fraction of sp³-hybridized carbons (Fsp3) is 0.611. The number of halogens is 1. The summed E-state index contributed by atoms with van der Waals surface area (Å²) in [5, 5.41) is 0.537. The topological polar surface area (TPSA) is 60.4 Å². The third-order valence-corrected chi connectivity index (χ3v) is 6.78. The first-order chi connectivity index (χ1) is 12.0. The molecular formula is C18H27ClO4S2. The molecule has 1 rings (SSSR count). The summed E-state index contributed by atoms with van der Waals surface area (Å²) in [4.78, 5) is 12.3. The Balaban J connectivity index is 2.71. The number of hydrogen-bond donors (Lipinski definition) is 0. The van der Waals surface area contributed by atoms with E-state index in [-0.39, 0.29) is 11.5 Å². The van der Waals surface area contributed by atoms with Crippen molar-refractivity contribution >= 4 is 39.2 Å². The molecule has 142 valence electrons. The molecule has 0 radical (unpaired) electrons. The van der Waals surface area contributed by atoms with Crippen molar-refractivity contribution in [2.45, 2.75) is 45.6 Å². The van der Waals surface area contributed by atoms with E-state index in [9.17, 15) is 13.2 Å². The van der Waals surface area contributed by atoms with Crippen molar-refractivity contribution in [1.82, 2.24) is 0 Å². The Hall–Kier alpha value is -0.720. The zero-order valence-electron chi connectivity index (χ0n) is 14.9. The van der Waals surface area contributed by atoms with E-state index in [1.165, 1.54) is 0 Å². The van der Waals surface area contributed by atoms with Gasteiger partial charge in [0, 0.05) is 38.1 Å². The van der Waals surface area contributed by atoms with Gasteiger partial charge in [0.1, 0.15) is 6.10 Å². The van der Waals surface area contributed by atoms with Crippen LogP contribution in [0.25, 0.3) is 0 Å². The first kappa shape index (κ1) is 22.3. The number of esters is 1. The molecule has 0 aliphatic heterocycles. The van der Waals surface area contributed by atoms with Gasteiger partial charge >= 0.3 is 5.97 Å². The van der Waals surface area contributed by atoms with Crippen LogP contribution in [0.15, 0.2) is 24.3 Å². The maximum absolute atomic E-state index is 12.3. The fourth-order valence-corrected chi connectivity index (χ4v) is 5.14. The number of carbonyl (C=O) groups excluding carboxylic acids is 1. The van der Waals surface area contributed by atoms with E-state index in [0.29, 0.717) is 22.1 Å². The van der Waals surface area contributed by atoms with E-state index in [2.05, 4.69) is 0 Å². The number of benzene rings is 1. The molecule has 0 spiro atoms. The van der Waals surface area contributed by atoms with Crippen molar-refractivity contribution < 1.29 is 17.9 Å². The average molecular weight is 407 g/mol. The van der Waals surface area contributed by atoms with Crippen molar-refractivity contribution in [3.63, 3.8) is 0 Å². The molecule has 0 saturated carbocycles. The van der Waals surface area contributed by atoms with Gasteiger partial charge in [-0.05, 0) is 37.1 Å². The largest absolute Gasteiger partial charge is 0.457 e. The molecule has 0 aromatic heterocycles. The van der Waals surface area contributed by atoms with Crippen LogP contribution < -0.4 is 0 Å². The molecule has 0 amide bonds. The third kappa shape index (κ3) is 9.52. The molecule has 0 heterocycles. The van der Waals surface area contributed by atoms with Gasteiger partial charge in [0.25, 0.3) is 0 Å². The second kappa shape index (κ2) is 12.6. The highest BCUT2D eigenvalue weighted by Crippen LogP contribution is 2.12. The van der Waals surface area contributed by atoms with Crippen LogP contribution in [0.1, 0.15) is 49.9 Å². The molecule has 25 heavy (non-hydrogen) atoms. The molecule has 7 heteroatoms. The minimum atomic E-state index is -1.08. The van der Waals surface area contributed by atoms with E-state index in [1.807, 2.05) is 13.8 Å². The number of unbranched alkanes of at least 4 members (excludes halogenated alkanes) is 2. The Morgan fingerprint density at radius 3 is 1.92 bits per heavy atom. The average Bonchev–Trinajstić information content (AvgIpc) is 2.58. The fourth-order valence-electron chi connectivity index (χ4n) is 2.11. The summed E-state index contributed by atoms with van der Waals surface area (Å²) in [7, 11) is -2.16. The lowest BCUT2D eigenvalue weighted by atomic mass is 10.2. The highest BCUT2D eigenvalue weighted by Gasteiger charge is 2.21.